The Morgan fingerprint density at radius 1 is 1.11 bits per heavy atom. The van der Waals surface area contributed by atoms with Gasteiger partial charge in [-0.15, -0.1) is 0 Å². The lowest BCUT2D eigenvalue weighted by Crippen LogP contribution is -2.15. The van der Waals surface area contributed by atoms with Gasteiger partial charge in [-0.25, -0.2) is 8.42 Å². The fourth-order valence-electron chi connectivity index (χ4n) is 2.46. The molecule has 0 aliphatic rings. The highest BCUT2D eigenvalue weighted by Crippen LogP contribution is 2.32. The van der Waals surface area contributed by atoms with E-state index in [0.717, 1.165) is 0 Å². The predicted molar refractivity (Wildman–Crippen MR) is 84.8 cm³/mol. The van der Waals surface area contributed by atoms with Gasteiger partial charge in [-0.3, -0.25) is 0 Å². The van der Waals surface area contributed by atoms with Gasteiger partial charge < -0.3 is 0 Å². The van der Waals surface area contributed by atoms with Gasteiger partial charge in [0.25, 0.3) is 0 Å². The molecular weight excluding hydrogens is 324 g/mol. The predicted octanol–water partition coefficient (Wildman–Crippen LogP) is 4.39. The van der Waals surface area contributed by atoms with Crippen molar-refractivity contribution in [2.24, 2.45) is 5.92 Å². The van der Waals surface area contributed by atoms with Gasteiger partial charge in [0, 0.05) is 4.83 Å². The molecule has 0 radical (unpaired) electrons. The minimum Gasteiger partial charge on any atom is -0.224 e. The molecular formula is C15H23BrO2S. The highest BCUT2D eigenvalue weighted by atomic mass is 79.9. The molecule has 0 fully saturated rings. The summed E-state index contributed by atoms with van der Waals surface area (Å²) >= 11 is 3.64. The van der Waals surface area contributed by atoms with Crippen LogP contribution in [0.2, 0.25) is 0 Å². The van der Waals surface area contributed by atoms with Gasteiger partial charge in [0.15, 0.2) is 9.84 Å². The van der Waals surface area contributed by atoms with E-state index in [1.807, 2.05) is 19.1 Å². The average Bonchev–Trinajstić information content (AvgIpc) is 2.28. The second kappa shape index (κ2) is 6.89. The molecule has 0 amide bonds. The minimum absolute atomic E-state index is 0.217. The van der Waals surface area contributed by atoms with Crippen LogP contribution >= 0.6 is 15.9 Å². The van der Waals surface area contributed by atoms with E-state index in [1.54, 1.807) is 12.1 Å². The summed E-state index contributed by atoms with van der Waals surface area (Å²) in [6.07, 6.45) is 0.650. The summed E-state index contributed by atoms with van der Waals surface area (Å²) in [7, 11) is -3.11. The molecule has 0 spiro atoms. The van der Waals surface area contributed by atoms with Crippen molar-refractivity contribution in [2.45, 2.75) is 49.8 Å². The molecule has 0 N–H and O–H groups in total. The lowest BCUT2D eigenvalue weighted by molar-refractivity contribution is 0.498. The third-order valence-corrected chi connectivity index (χ3v) is 5.82. The zero-order chi connectivity index (χ0) is 14.6. The summed E-state index contributed by atoms with van der Waals surface area (Å²) in [4.78, 5) is 0.799. The molecule has 0 heterocycles. The Kier molecular flexibility index (Phi) is 6.06. The van der Waals surface area contributed by atoms with Crippen molar-refractivity contribution in [1.82, 2.24) is 0 Å². The molecule has 0 aliphatic carbocycles. The number of halogens is 1. The van der Waals surface area contributed by atoms with E-state index in [1.165, 1.54) is 5.56 Å². The molecule has 1 rings (SSSR count). The number of hydrogen-bond acceptors (Lipinski definition) is 2. The van der Waals surface area contributed by atoms with Crippen LogP contribution in [0.3, 0.4) is 0 Å². The van der Waals surface area contributed by atoms with Crippen LogP contribution in [0.15, 0.2) is 29.2 Å². The van der Waals surface area contributed by atoms with Crippen molar-refractivity contribution >= 4 is 25.8 Å². The van der Waals surface area contributed by atoms with Crippen molar-refractivity contribution in [3.63, 3.8) is 0 Å². The van der Waals surface area contributed by atoms with Gasteiger partial charge >= 0.3 is 0 Å². The third-order valence-electron chi connectivity index (χ3n) is 3.31. The van der Waals surface area contributed by atoms with Gasteiger partial charge in [-0.1, -0.05) is 55.8 Å². The molecule has 1 aromatic rings. The van der Waals surface area contributed by atoms with E-state index in [-0.39, 0.29) is 5.75 Å². The van der Waals surface area contributed by atoms with Crippen LogP contribution in [-0.2, 0) is 9.84 Å². The topological polar surface area (TPSA) is 34.1 Å². The first kappa shape index (κ1) is 16.7. The Labute approximate surface area is 125 Å². The van der Waals surface area contributed by atoms with Crippen LogP contribution in [0.1, 0.15) is 45.6 Å². The highest BCUT2D eigenvalue weighted by Gasteiger charge is 2.21. The van der Waals surface area contributed by atoms with Crippen LogP contribution in [0.25, 0.3) is 0 Å². The monoisotopic (exact) mass is 346 g/mol. The molecule has 19 heavy (non-hydrogen) atoms. The molecule has 0 saturated heterocycles. The lowest BCUT2D eigenvalue weighted by Gasteiger charge is -2.24. The number of sulfone groups is 1. The summed E-state index contributed by atoms with van der Waals surface area (Å²) in [6.45, 7) is 8.38. The van der Waals surface area contributed by atoms with Crippen LogP contribution in [-0.4, -0.2) is 19.0 Å². The largest absolute Gasteiger partial charge is 0.224 e. The van der Waals surface area contributed by atoms with E-state index in [0.29, 0.717) is 28.0 Å². The first-order valence-electron chi connectivity index (χ1n) is 6.76. The van der Waals surface area contributed by atoms with Crippen molar-refractivity contribution in [1.29, 1.82) is 0 Å². The Morgan fingerprint density at radius 2 is 1.63 bits per heavy atom. The molecule has 108 valence electrons. The van der Waals surface area contributed by atoms with Gasteiger partial charge in [0.2, 0.25) is 0 Å². The molecule has 2 atom stereocenters. The SMILES string of the molecule is CCCS(=O)(=O)c1ccc(C(C(C)C)C(C)Br)cc1. The lowest BCUT2D eigenvalue weighted by atomic mass is 9.86. The Bertz CT molecular complexity index is 481. The van der Waals surface area contributed by atoms with Gasteiger partial charge in [-0.05, 0) is 36.0 Å². The maximum Gasteiger partial charge on any atom is 0.178 e. The fraction of sp³-hybridized carbons (Fsp3) is 0.600. The van der Waals surface area contributed by atoms with E-state index in [2.05, 4.69) is 36.7 Å². The first-order valence-corrected chi connectivity index (χ1v) is 9.33. The summed E-state index contributed by atoms with van der Waals surface area (Å²) < 4.78 is 23.9. The van der Waals surface area contributed by atoms with Crippen LogP contribution < -0.4 is 0 Å². The number of rotatable bonds is 6. The molecule has 2 unspecified atom stereocenters. The second-order valence-electron chi connectivity index (χ2n) is 5.34. The second-order valence-corrected chi connectivity index (χ2v) is 8.89. The van der Waals surface area contributed by atoms with E-state index in [9.17, 15) is 8.42 Å². The van der Waals surface area contributed by atoms with Gasteiger partial charge in [-0.2, -0.15) is 0 Å². The molecule has 0 saturated carbocycles. The molecule has 0 aliphatic heterocycles. The highest BCUT2D eigenvalue weighted by molar-refractivity contribution is 9.09. The van der Waals surface area contributed by atoms with Crippen molar-refractivity contribution in [2.75, 3.05) is 5.75 Å². The van der Waals surface area contributed by atoms with E-state index < -0.39 is 9.84 Å². The third kappa shape index (κ3) is 4.32. The van der Waals surface area contributed by atoms with Crippen molar-refractivity contribution in [3.05, 3.63) is 29.8 Å². The Morgan fingerprint density at radius 3 is 2.00 bits per heavy atom. The van der Waals surface area contributed by atoms with Crippen molar-refractivity contribution < 1.29 is 8.42 Å². The Balaban J connectivity index is 3.05. The minimum atomic E-state index is -3.11. The van der Waals surface area contributed by atoms with Gasteiger partial charge in [0.05, 0.1) is 10.6 Å². The van der Waals surface area contributed by atoms with Crippen molar-refractivity contribution in [3.8, 4) is 0 Å². The van der Waals surface area contributed by atoms with Crippen LogP contribution in [0.4, 0.5) is 0 Å². The molecule has 2 nitrogen and oxygen atoms in total. The summed E-state index contributed by atoms with van der Waals surface area (Å²) in [6, 6.07) is 7.38. The maximum atomic E-state index is 12.0. The van der Waals surface area contributed by atoms with E-state index >= 15 is 0 Å². The first-order chi connectivity index (χ1) is 8.79. The quantitative estimate of drug-likeness (QED) is 0.715. The number of benzene rings is 1. The zero-order valence-electron chi connectivity index (χ0n) is 12.1. The summed E-state index contributed by atoms with van der Waals surface area (Å²) in [5.41, 5.74) is 1.19. The fourth-order valence-corrected chi connectivity index (χ4v) is 4.70. The smallest absolute Gasteiger partial charge is 0.178 e. The maximum absolute atomic E-state index is 12.0. The Hall–Kier alpha value is -0.350. The van der Waals surface area contributed by atoms with Crippen LogP contribution in [0.5, 0.6) is 0 Å². The van der Waals surface area contributed by atoms with E-state index in [4.69, 9.17) is 0 Å². The molecule has 0 aromatic heterocycles. The summed E-state index contributed by atoms with van der Waals surface area (Å²) in [5.74, 6) is 1.12. The standard InChI is InChI=1S/C15H23BrO2S/c1-5-10-19(17,18)14-8-6-13(7-9-14)15(11(2)3)12(4)16/h6-9,11-12,15H,5,10H2,1-4H3. The molecule has 1 aromatic carbocycles. The molecule has 4 heteroatoms. The normalized spacial score (nSPS) is 15.5. The number of hydrogen-bond donors (Lipinski definition) is 0. The van der Waals surface area contributed by atoms with Crippen LogP contribution in [0, 0.1) is 5.92 Å². The zero-order valence-corrected chi connectivity index (χ0v) is 14.5. The number of alkyl halides is 1. The molecule has 0 bridgehead atoms. The average molecular weight is 347 g/mol. The summed E-state index contributed by atoms with van der Waals surface area (Å²) in [5, 5.41) is 0. The van der Waals surface area contributed by atoms with Gasteiger partial charge in [0.1, 0.15) is 0 Å².